The monoisotopic (exact) mass is 238 g/mol. The molecule has 1 unspecified atom stereocenters. The van der Waals surface area contributed by atoms with E-state index < -0.39 is 5.63 Å². The SMILES string of the molecule is O=C(NCC1CNCCO1)c1ccc(=O)oc1. The number of morpholine rings is 1. The van der Waals surface area contributed by atoms with Crippen LogP contribution in [0.25, 0.3) is 0 Å². The first-order valence-electron chi connectivity index (χ1n) is 5.45. The number of hydrogen-bond acceptors (Lipinski definition) is 5. The van der Waals surface area contributed by atoms with Gasteiger partial charge in [0.15, 0.2) is 0 Å². The minimum atomic E-state index is -0.471. The predicted molar refractivity (Wildman–Crippen MR) is 59.9 cm³/mol. The molecule has 1 aromatic rings. The van der Waals surface area contributed by atoms with E-state index in [1.807, 2.05) is 0 Å². The van der Waals surface area contributed by atoms with Crippen LogP contribution in [0.5, 0.6) is 0 Å². The summed E-state index contributed by atoms with van der Waals surface area (Å²) >= 11 is 0. The lowest BCUT2D eigenvalue weighted by atomic mass is 10.2. The molecule has 0 bridgehead atoms. The van der Waals surface area contributed by atoms with Crippen LogP contribution in [0, 0.1) is 0 Å². The molecule has 92 valence electrons. The molecular formula is C11H14N2O4. The van der Waals surface area contributed by atoms with Crippen LogP contribution in [-0.4, -0.2) is 38.3 Å². The van der Waals surface area contributed by atoms with Gasteiger partial charge in [-0.2, -0.15) is 0 Å². The molecule has 0 saturated carbocycles. The van der Waals surface area contributed by atoms with Crippen LogP contribution in [0.4, 0.5) is 0 Å². The molecule has 1 atom stereocenters. The van der Waals surface area contributed by atoms with Crippen LogP contribution in [0.1, 0.15) is 10.4 Å². The van der Waals surface area contributed by atoms with Gasteiger partial charge in [-0.05, 0) is 6.07 Å². The number of rotatable bonds is 3. The van der Waals surface area contributed by atoms with Gasteiger partial charge >= 0.3 is 5.63 Å². The van der Waals surface area contributed by atoms with Crippen molar-refractivity contribution in [2.24, 2.45) is 0 Å². The summed E-state index contributed by atoms with van der Waals surface area (Å²) in [7, 11) is 0. The Balaban J connectivity index is 1.84. The van der Waals surface area contributed by atoms with Crippen LogP contribution in [0.2, 0.25) is 0 Å². The van der Waals surface area contributed by atoms with Crippen molar-refractivity contribution in [3.63, 3.8) is 0 Å². The standard InChI is InChI=1S/C11H14N2O4/c14-10-2-1-8(7-17-10)11(15)13-6-9-5-12-3-4-16-9/h1-2,7,9,12H,3-6H2,(H,13,15). The Bertz CT molecular complexity index is 417. The summed E-state index contributed by atoms with van der Waals surface area (Å²) in [4.78, 5) is 22.4. The van der Waals surface area contributed by atoms with E-state index in [0.717, 1.165) is 19.4 Å². The Morgan fingerprint density at radius 2 is 2.41 bits per heavy atom. The minimum absolute atomic E-state index is 0.0107. The third kappa shape index (κ3) is 3.40. The normalized spacial score (nSPS) is 19.9. The summed E-state index contributed by atoms with van der Waals surface area (Å²) in [6, 6.07) is 2.65. The molecule has 1 amide bonds. The van der Waals surface area contributed by atoms with Gasteiger partial charge in [0, 0.05) is 25.7 Å². The molecule has 6 nitrogen and oxygen atoms in total. The van der Waals surface area contributed by atoms with Crippen molar-refractivity contribution in [3.05, 3.63) is 34.4 Å². The fourth-order valence-electron chi connectivity index (χ4n) is 1.55. The van der Waals surface area contributed by atoms with E-state index in [0.29, 0.717) is 18.7 Å². The molecule has 1 aliphatic heterocycles. The largest absolute Gasteiger partial charge is 0.430 e. The van der Waals surface area contributed by atoms with E-state index in [4.69, 9.17) is 4.74 Å². The molecule has 2 rings (SSSR count). The molecule has 1 aliphatic rings. The van der Waals surface area contributed by atoms with Gasteiger partial charge in [0.05, 0.1) is 18.3 Å². The Labute approximate surface area is 98.0 Å². The third-order valence-electron chi connectivity index (χ3n) is 2.46. The second-order valence-corrected chi connectivity index (χ2v) is 3.75. The summed E-state index contributed by atoms with van der Waals surface area (Å²) in [5.41, 5.74) is -0.144. The Hall–Kier alpha value is -1.66. The second-order valence-electron chi connectivity index (χ2n) is 3.75. The molecule has 1 fully saturated rings. The lowest BCUT2D eigenvalue weighted by molar-refractivity contribution is 0.0287. The van der Waals surface area contributed by atoms with Gasteiger partial charge in [0.1, 0.15) is 6.26 Å². The van der Waals surface area contributed by atoms with Gasteiger partial charge in [0.25, 0.3) is 5.91 Å². The van der Waals surface area contributed by atoms with Gasteiger partial charge in [-0.15, -0.1) is 0 Å². The van der Waals surface area contributed by atoms with Gasteiger partial charge in [-0.3, -0.25) is 4.79 Å². The maximum absolute atomic E-state index is 11.6. The van der Waals surface area contributed by atoms with E-state index in [1.54, 1.807) is 0 Å². The molecule has 2 heterocycles. The number of carbonyl (C=O) groups excluding carboxylic acids is 1. The predicted octanol–water partition coefficient (Wildman–Crippen LogP) is -0.642. The van der Waals surface area contributed by atoms with Crippen molar-refractivity contribution < 1.29 is 13.9 Å². The van der Waals surface area contributed by atoms with E-state index in [2.05, 4.69) is 15.1 Å². The number of ether oxygens (including phenoxy) is 1. The van der Waals surface area contributed by atoms with Gasteiger partial charge in [-0.25, -0.2) is 4.79 Å². The van der Waals surface area contributed by atoms with Crippen molar-refractivity contribution >= 4 is 5.91 Å². The Morgan fingerprint density at radius 1 is 1.53 bits per heavy atom. The highest BCUT2D eigenvalue weighted by Gasteiger charge is 2.15. The van der Waals surface area contributed by atoms with Crippen LogP contribution in [0.15, 0.2) is 27.6 Å². The van der Waals surface area contributed by atoms with Crippen molar-refractivity contribution in [2.45, 2.75) is 6.10 Å². The van der Waals surface area contributed by atoms with Crippen molar-refractivity contribution in [1.82, 2.24) is 10.6 Å². The number of hydrogen-bond donors (Lipinski definition) is 2. The van der Waals surface area contributed by atoms with Crippen molar-refractivity contribution in [3.8, 4) is 0 Å². The summed E-state index contributed by atoms with van der Waals surface area (Å²) in [5.74, 6) is -0.275. The first-order valence-corrected chi connectivity index (χ1v) is 5.45. The van der Waals surface area contributed by atoms with Crippen LogP contribution in [0.3, 0.4) is 0 Å². The Kier molecular flexibility index (Phi) is 3.89. The van der Waals surface area contributed by atoms with Crippen molar-refractivity contribution in [2.75, 3.05) is 26.2 Å². The second kappa shape index (κ2) is 5.60. The summed E-state index contributed by atoms with van der Waals surface area (Å²) in [6.45, 7) is 2.66. The zero-order valence-electron chi connectivity index (χ0n) is 9.27. The molecule has 0 aliphatic carbocycles. The highest BCUT2D eigenvalue weighted by atomic mass is 16.5. The molecule has 6 heteroatoms. The topological polar surface area (TPSA) is 80.6 Å². The number of amides is 1. The van der Waals surface area contributed by atoms with E-state index in [9.17, 15) is 9.59 Å². The van der Waals surface area contributed by atoms with Crippen LogP contribution >= 0.6 is 0 Å². The van der Waals surface area contributed by atoms with Gasteiger partial charge in [0.2, 0.25) is 0 Å². The highest BCUT2D eigenvalue weighted by Crippen LogP contribution is 1.97. The maximum atomic E-state index is 11.6. The zero-order chi connectivity index (χ0) is 12.1. The molecule has 0 aromatic carbocycles. The molecule has 0 spiro atoms. The van der Waals surface area contributed by atoms with Crippen molar-refractivity contribution in [1.29, 1.82) is 0 Å². The fraction of sp³-hybridized carbons (Fsp3) is 0.455. The van der Waals surface area contributed by atoms with E-state index in [1.165, 1.54) is 12.1 Å². The molecular weight excluding hydrogens is 224 g/mol. The molecule has 0 radical (unpaired) electrons. The fourth-order valence-corrected chi connectivity index (χ4v) is 1.55. The quantitative estimate of drug-likeness (QED) is 0.732. The highest BCUT2D eigenvalue weighted by molar-refractivity contribution is 5.93. The average Bonchev–Trinajstić information content (AvgIpc) is 2.38. The Morgan fingerprint density at radius 3 is 3.06 bits per heavy atom. The molecule has 1 aromatic heterocycles. The maximum Gasteiger partial charge on any atom is 0.335 e. The molecule has 17 heavy (non-hydrogen) atoms. The van der Waals surface area contributed by atoms with Crippen LogP contribution < -0.4 is 16.3 Å². The summed E-state index contributed by atoms with van der Waals surface area (Å²) in [6.07, 6.45) is 1.14. The summed E-state index contributed by atoms with van der Waals surface area (Å²) < 4.78 is 10.0. The number of carbonyl (C=O) groups is 1. The average molecular weight is 238 g/mol. The number of nitrogens with one attached hydrogen (secondary N) is 2. The van der Waals surface area contributed by atoms with E-state index >= 15 is 0 Å². The zero-order valence-corrected chi connectivity index (χ0v) is 9.27. The van der Waals surface area contributed by atoms with Gasteiger partial charge in [-0.1, -0.05) is 0 Å². The molecule has 1 saturated heterocycles. The van der Waals surface area contributed by atoms with Gasteiger partial charge < -0.3 is 19.8 Å². The smallest absolute Gasteiger partial charge is 0.335 e. The minimum Gasteiger partial charge on any atom is -0.430 e. The first kappa shape index (κ1) is 11.8. The third-order valence-corrected chi connectivity index (χ3v) is 2.46. The lowest BCUT2D eigenvalue weighted by Crippen LogP contribution is -2.45. The lowest BCUT2D eigenvalue weighted by Gasteiger charge is -2.23. The summed E-state index contributed by atoms with van der Waals surface area (Å²) in [5, 5.41) is 5.89. The van der Waals surface area contributed by atoms with E-state index in [-0.39, 0.29) is 12.0 Å². The first-order chi connectivity index (χ1) is 8.25. The molecule has 2 N–H and O–H groups in total. The van der Waals surface area contributed by atoms with Crippen LogP contribution in [-0.2, 0) is 4.74 Å².